The predicted molar refractivity (Wildman–Crippen MR) is 82.0 cm³/mol. The molecule has 0 spiro atoms. The summed E-state index contributed by atoms with van der Waals surface area (Å²) in [6, 6.07) is 7.94. The molecule has 3 rings (SSSR count). The number of hydrogen-bond acceptors (Lipinski definition) is 3. The van der Waals surface area contributed by atoms with Crippen molar-refractivity contribution >= 4 is 5.57 Å². The maximum atomic E-state index is 5.83. The molecular weight excluding hydrogens is 264 g/mol. The molecule has 2 heterocycles. The highest BCUT2D eigenvalue weighted by atomic mass is 16.7. The monoisotopic (exact) mass is 284 g/mol. The van der Waals surface area contributed by atoms with Gasteiger partial charge in [0.15, 0.2) is 6.29 Å². The molecule has 1 aliphatic heterocycles. The Kier molecular flexibility index (Phi) is 4.06. The summed E-state index contributed by atoms with van der Waals surface area (Å²) in [4.78, 5) is 4.32. The quantitative estimate of drug-likeness (QED) is 0.863. The minimum Gasteiger partial charge on any atom is -0.465 e. The van der Waals surface area contributed by atoms with Crippen molar-refractivity contribution in [1.29, 1.82) is 0 Å². The first-order valence-corrected chi connectivity index (χ1v) is 7.29. The van der Waals surface area contributed by atoms with Crippen LogP contribution in [0.4, 0.5) is 0 Å². The molecule has 1 saturated heterocycles. The minimum atomic E-state index is -0.109. The zero-order valence-electron chi connectivity index (χ0n) is 12.3. The van der Waals surface area contributed by atoms with Crippen LogP contribution in [-0.2, 0) is 11.8 Å². The van der Waals surface area contributed by atoms with Gasteiger partial charge in [-0.05, 0) is 30.5 Å². The first-order valence-electron chi connectivity index (χ1n) is 7.29. The second kappa shape index (κ2) is 6.14. The van der Waals surface area contributed by atoms with Crippen LogP contribution in [0.3, 0.4) is 0 Å². The van der Waals surface area contributed by atoms with E-state index in [2.05, 4.69) is 11.6 Å². The van der Waals surface area contributed by atoms with E-state index in [-0.39, 0.29) is 6.29 Å². The van der Waals surface area contributed by atoms with Gasteiger partial charge in [0, 0.05) is 31.4 Å². The molecule has 1 fully saturated rings. The number of ether oxygens (including phenoxy) is 2. The summed E-state index contributed by atoms with van der Waals surface area (Å²) >= 11 is 0. The second-order valence-electron chi connectivity index (χ2n) is 5.28. The van der Waals surface area contributed by atoms with Crippen LogP contribution in [0.1, 0.15) is 30.7 Å². The molecule has 2 aromatic rings. The smallest absolute Gasteiger partial charge is 0.199 e. The van der Waals surface area contributed by atoms with E-state index in [1.165, 1.54) is 6.42 Å². The summed E-state index contributed by atoms with van der Waals surface area (Å²) in [7, 11) is 1.96. The van der Waals surface area contributed by atoms with Gasteiger partial charge in [0.2, 0.25) is 0 Å². The fourth-order valence-corrected chi connectivity index (χ4v) is 2.48. The molecule has 0 aliphatic carbocycles. The average molecular weight is 284 g/mol. The van der Waals surface area contributed by atoms with E-state index >= 15 is 0 Å². The molecule has 0 bridgehead atoms. The van der Waals surface area contributed by atoms with Crippen LogP contribution in [0.2, 0.25) is 0 Å². The lowest BCUT2D eigenvalue weighted by Gasteiger charge is -2.23. The van der Waals surface area contributed by atoms with Crippen LogP contribution >= 0.6 is 0 Å². The maximum absolute atomic E-state index is 5.83. The van der Waals surface area contributed by atoms with Crippen molar-refractivity contribution in [2.24, 2.45) is 7.05 Å². The Labute approximate surface area is 125 Å². The van der Waals surface area contributed by atoms with Crippen LogP contribution in [0.25, 0.3) is 5.57 Å². The Hall–Kier alpha value is -2.07. The van der Waals surface area contributed by atoms with Crippen molar-refractivity contribution in [2.75, 3.05) is 6.61 Å². The Balaban J connectivity index is 1.69. The summed E-state index contributed by atoms with van der Waals surface area (Å²) in [6.07, 6.45) is 6.84. The molecular formula is C17H20N2O2. The van der Waals surface area contributed by atoms with Crippen molar-refractivity contribution in [2.45, 2.75) is 25.6 Å². The van der Waals surface area contributed by atoms with Crippen molar-refractivity contribution < 1.29 is 9.47 Å². The number of imidazole rings is 1. The Morgan fingerprint density at radius 3 is 2.76 bits per heavy atom. The second-order valence-corrected chi connectivity index (χ2v) is 5.28. The standard InChI is InChI=1S/C17H20N2O2/c1-13(17-18-10-11-19(17)2)14-6-8-15(9-7-14)21-16-5-3-4-12-20-16/h6-11,16H,1,3-5,12H2,2H3. The molecule has 1 aliphatic rings. The highest BCUT2D eigenvalue weighted by molar-refractivity contribution is 5.74. The van der Waals surface area contributed by atoms with Crippen molar-refractivity contribution in [3.8, 4) is 5.75 Å². The third kappa shape index (κ3) is 3.16. The van der Waals surface area contributed by atoms with E-state index in [9.17, 15) is 0 Å². The number of nitrogens with zero attached hydrogens (tertiary/aromatic N) is 2. The lowest BCUT2D eigenvalue weighted by Crippen LogP contribution is -2.24. The fourth-order valence-electron chi connectivity index (χ4n) is 2.48. The topological polar surface area (TPSA) is 36.3 Å². The normalized spacial score (nSPS) is 18.4. The van der Waals surface area contributed by atoms with E-state index < -0.39 is 0 Å². The zero-order chi connectivity index (χ0) is 14.7. The third-order valence-corrected chi connectivity index (χ3v) is 3.70. The number of rotatable bonds is 4. The van der Waals surface area contributed by atoms with Crippen LogP contribution < -0.4 is 4.74 Å². The molecule has 1 aromatic heterocycles. The molecule has 1 unspecified atom stereocenters. The van der Waals surface area contributed by atoms with Crippen LogP contribution in [0.5, 0.6) is 5.75 Å². The van der Waals surface area contributed by atoms with Crippen LogP contribution in [0, 0.1) is 0 Å². The summed E-state index contributed by atoms with van der Waals surface area (Å²) < 4.78 is 13.4. The fraction of sp³-hybridized carbons (Fsp3) is 0.353. The molecule has 0 saturated carbocycles. The lowest BCUT2D eigenvalue weighted by molar-refractivity contribution is -0.105. The van der Waals surface area contributed by atoms with E-state index in [1.54, 1.807) is 6.20 Å². The third-order valence-electron chi connectivity index (χ3n) is 3.70. The van der Waals surface area contributed by atoms with E-state index in [4.69, 9.17) is 9.47 Å². The molecule has 0 amide bonds. The van der Waals surface area contributed by atoms with Gasteiger partial charge in [-0.15, -0.1) is 0 Å². The Bertz CT molecular complexity index is 610. The van der Waals surface area contributed by atoms with Gasteiger partial charge in [-0.2, -0.15) is 0 Å². The molecule has 110 valence electrons. The summed E-state index contributed by atoms with van der Waals surface area (Å²) in [5.41, 5.74) is 1.95. The van der Waals surface area contributed by atoms with Crippen LogP contribution in [-0.4, -0.2) is 22.4 Å². The molecule has 1 atom stereocenters. The summed E-state index contributed by atoms with van der Waals surface area (Å²) in [6.45, 7) is 4.92. The lowest BCUT2D eigenvalue weighted by atomic mass is 10.1. The maximum Gasteiger partial charge on any atom is 0.199 e. The van der Waals surface area contributed by atoms with Gasteiger partial charge in [0.25, 0.3) is 0 Å². The number of aromatic nitrogens is 2. The number of hydrogen-bond donors (Lipinski definition) is 0. The number of benzene rings is 1. The molecule has 0 radical (unpaired) electrons. The highest BCUT2D eigenvalue weighted by Gasteiger charge is 2.15. The molecule has 4 nitrogen and oxygen atoms in total. The number of aryl methyl sites for hydroxylation is 1. The van der Waals surface area contributed by atoms with Gasteiger partial charge in [-0.1, -0.05) is 18.7 Å². The Morgan fingerprint density at radius 1 is 1.33 bits per heavy atom. The average Bonchev–Trinajstić information content (AvgIpc) is 2.94. The summed E-state index contributed by atoms with van der Waals surface area (Å²) in [5.74, 6) is 1.71. The van der Waals surface area contributed by atoms with Crippen molar-refractivity contribution in [1.82, 2.24) is 9.55 Å². The van der Waals surface area contributed by atoms with Gasteiger partial charge in [0.05, 0.1) is 6.61 Å². The van der Waals surface area contributed by atoms with E-state index in [0.717, 1.165) is 42.2 Å². The summed E-state index contributed by atoms with van der Waals surface area (Å²) in [5, 5.41) is 0. The van der Waals surface area contributed by atoms with Crippen molar-refractivity contribution in [3.05, 3.63) is 54.6 Å². The Morgan fingerprint density at radius 2 is 2.14 bits per heavy atom. The van der Waals surface area contributed by atoms with Crippen LogP contribution in [0.15, 0.2) is 43.2 Å². The van der Waals surface area contributed by atoms with Gasteiger partial charge in [0.1, 0.15) is 11.6 Å². The van der Waals surface area contributed by atoms with Gasteiger partial charge < -0.3 is 14.0 Å². The van der Waals surface area contributed by atoms with E-state index in [0.29, 0.717) is 0 Å². The molecule has 1 aromatic carbocycles. The highest BCUT2D eigenvalue weighted by Crippen LogP contribution is 2.24. The zero-order valence-corrected chi connectivity index (χ0v) is 12.3. The first-order chi connectivity index (χ1) is 10.2. The van der Waals surface area contributed by atoms with Gasteiger partial charge in [-0.3, -0.25) is 0 Å². The molecule has 21 heavy (non-hydrogen) atoms. The first kappa shape index (κ1) is 13.9. The molecule has 0 N–H and O–H groups in total. The SMILES string of the molecule is C=C(c1ccc(OC2CCCCO2)cc1)c1nccn1C. The largest absolute Gasteiger partial charge is 0.465 e. The van der Waals surface area contributed by atoms with Crippen molar-refractivity contribution in [3.63, 3.8) is 0 Å². The van der Waals surface area contributed by atoms with Gasteiger partial charge >= 0.3 is 0 Å². The minimum absolute atomic E-state index is 0.109. The molecule has 4 heteroatoms. The van der Waals surface area contributed by atoms with Gasteiger partial charge in [-0.25, -0.2) is 4.98 Å². The van der Waals surface area contributed by atoms with E-state index in [1.807, 2.05) is 42.1 Å². The predicted octanol–water partition coefficient (Wildman–Crippen LogP) is 3.39.